The molecule has 0 fully saturated rings. The second-order valence-electron chi connectivity index (χ2n) is 0. The van der Waals surface area contributed by atoms with Crippen LogP contribution in [-0.4, -0.2) is 54.8 Å². The maximum atomic E-state index is 0. The van der Waals surface area contributed by atoms with Gasteiger partial charge in [-0.05, 0) is 0 Å². The standard InChI is InChI=1S/ClH.10H2O/h1H;10*1H2. The molecule has 0 aliphatic heterocycles. The van der Waals surface area contributed by atoms with Gasteiger partial charge >= 0.3 is 0 Å². The van der Waals surface area contributed by atoms with Crippen LogP contribution < -0.4 is 0 Å². The first kappa shape index (κ1) is 88000. The first-order valence-electron chi connectivity index (χ1n) is 0. The molecule has 0 rings (SSSR count). The lowest BCUT2D eigenvalue weighted by Gasteiger charge is -0.413. The predicted molar refractivity (Wildman–Crippen MR) is 43.4 cm³/mol. The minimum absolute atomic E-state index is 0. The van der Waals surface area contributed by atoms with E-state index >= 15 is 0 Å². The van der Waals surface area contributed by atoms with Crippen molar-refractivity contribution in [3.63, 3.8) is 0 Å². The Kier molecular flexibility index (Phi) is 517000000. The molecule has 0 aromatic carbocycles. The van der Waals surface area contributed by atoms with E-state index in [1.54, 1.807) is 0 Å². The molecule has 0 heterocycles. The maximum absolute atomic E-state index is 0. The van der Waals surface area contributed by atoms with Crippen LogP contribution in [-0.2, 0) is 0 Å². The third-order valence-electron chi connectivity index (χ3n) is 0. The fraction of sp³-hybridized carbons (Fsp3) is 0. The van der Waals surface area contributed by atoms with Gasteiger partial charge in [0.05, 0.1) is 0 Å². The highest BCUT2D eigenvalue weighted by Gasteiger charge is -0.147. The summed E-state index contributed by atoms with van der Waals surface area (Å²) in [6.07, 6.45) is 0. The Hall–Kier alpha value is -0.110. The van der Waals surface area contributed by atoms with Gasteiger partial charge in [-0.3, -0.25) is 0 Å². The van der Waals surface area contributed by atoms with E-state index in [-0.39, 0.29) is 67.2 Å². The first-order valence-corrected chi connectivity index (χ1v) is 0. The van der Waals surface area contributed by atoms with Gasteiger partial charge in [0.1, 0.15) is 0 Å². The summed E-state index contributed by atoms with van der Waals surface area (Å²) in [6.45, 7) is 0. The van der Waals surface area contributed by atoms with Crippen LogP contribution in [0.15, 0.2) is 0 Å². The summed E-state index contributed by atoms with van der Waals surface area (Å²) in [7, 11) is 0. The third-order valence-corrected chi connectivity index (χ3v) is 0. The molecule has 0 aromatic rings. The van der Waals surface area contributed by atoms with Gasteiger partial charge in [0.15, 0.2) is 0 Å². The lowest BCUT2D eigenvalue weighted by molar-refractivity contribution is 0.823. The summed E-state index contributed by atoms with van der Waals surface area (Å²) in [5.74, 6) is 0. The van der Waals surface area contributed by atoms with Crippen molar-refractivity contribution in [1.29, 1.82) is 0 Å². The van der Waals surface area contributed by atoms with Crippen LogP contribution in [0.25, 0.3) is 0 Å². The molecule has 0 bridgehead atoms. The average molecular weight is 217 g/mol. The van der Waals surface area contributed by atoms with Gasteiger partial charge < -0.3 is 54.8 Å². The lowest BCUT2D eigenvalue weighted by atomic mass is 16.0. The van der Waals surface area contributed by atoms with Crippen molar-refractivity contribution in [2.45, 2.75) is 0 Å². The van der Waals surface area contributed by atoms with E-state index < -0.39 is 0 Å². The Morgan fingerprint density at radius 3 is 0.182 bits per heavy atom. The highest BCUT2D eigenvalue weighted by Crippen LogP contribution is 0.690. The lowest BCUT2D eigenvalue weighted by Crippen LogP contribution is -0.290. The van der Waals surface area contributed by atoms with E-state index in [1.807, 2.05) is 0 Å². The van der Waals surface area contributed by atoms with Gasteiger partial charge in [0.25, 0.3) is 0 Å². The van der Waals surface area contributed by atoms with E-state index in [0.29, 0.717) is 0 Å². The number of hydrogen-bond acceptors (Lipinski definition) is 0. The molecule has 0 saturated heterocycles. The Balaban J connectivity index is 0. The summed E-state index contributed by atoms with van der Waals surface area (Å²) in [6, 6.07) is 0. The summed E-state index contributed by atoms with van der Waals surface area (Å²) >= 11 is 0. The minimum Gasteiger partial charge on any atom is -0.412 e. The van der Waals surface area contributed by atoms with Crippen molar-refractivity contribution in [3.8, 4) is 0 Å². The van der Waals surface area contributed by atoms with Crippen molar-refractivity contribution in [1.82, 2.24) is 0 Å². The molecule has 20 N–H and O–H groups in total. The van der Waals surface area contributed by atoms with Crippen molar-refractivity contribution < 1.29 is 54.8 Å². The molecular weight excluding hydrogens is 195 g/mol. The Morgan fingerprint density at radius 1 is 0.182 bits per heavy atom. The monoisotopic (exact) mass is 216 g/mol. The molecule has 0 aromatic heterocycles. The molecular formula is H21ClO10. The van der Waals surface area contributed by atoms with Crippen molar-refractivity contribution in [2.24, 2.45) is 0 Å². The van der Waals surface area contributed by atoms with E-state index in [0.717, 1.165) is 0 Å². The smallest absolute Gasteiger partial charge is 0.147 e. The average Bonchev–Trinajstić information content (AvgIpc) is 0. The number of hydrogen-bond donors (Lipinski definition) is 0. The summed E-state index contributed by atoms with van der Waals surface area (Å²) < 4.78 is 0. The Bertz CT molecular complexity index is 4.83. The highest BCUT2D eigenvalue weighted by molar-refractivity contribution is 5.85. The first-order chi connectivity index (χ1) is 0. The minimum atomic E-state index is 0. The van der Waals surface area contributed by atoms with Crippen LogP contribution in [0.5, 0.6) is 0 Å². The van der Waals surface area contributed by atoms with Crippen LogP contribution in [0.2, 0.25) is 0 Å². The largest absolute Gasteiger partial charge is 0.412 e. The van der Waals surface area contributed by atoms with Gasteiger partial charge in [-0.1, -0.05) is 0 Å². The molecule has 0 saturated carbocycles. The van der Waals surface area contributed by atoms with Crippen LogP contribution in [0.4, 0.5) is 0 Å². The normalized spacial score (nSPS) is 0. The fourth-order valence-electron chi connectivity index (χ4n) is 0. The van der Waals surface area contributed by atoms with E-state index in [9.17, 15) is 0 Å². The van der Waals surface area contributed by atoms with Crippen molar-refractivity contribution in [3.05, 3.63) is 0 Å². The van der Waals surface area contributed by atoms with Gasteiger partial charge in [-0.2, -0.15) is 0 Å². The second-order valence-corrected chi connectivity index (χ2v) is 0. The molecule has 11 heavy (non-hydrogen) atoms. The zero-order valence-corrected chi connectivity index (χ0v) is 6.22. The Labute approximate surface area is 68.3 Å². The van der Waals surface area contributed by atoms with Crippen LogP contribution in [0.3, 0.4) is 0 Å². The fourth-order valence-corrected chi connectivity index (χ4v) is 0. The summed E-state index contributed by atoms with van der Waals surface area (Å²) in [4.78, 5) is 0. The van der Waals surface area contributed by atoms with Crippen LogP contribution >= 0.6 is 12.4 Å². The van der Waals surface area contributed by atoms with Gasteiger partial charge in [0, 0.05) is 0 Å². The number of rotatable bonds is 0. The molecule has 0 radical (unpaired) electrons. The molecule has 0 unspecified atom stereocenters. The zero-order valence-electron chi connectivity index (χ0n) is 5.41. The summed E-state index contributed by atoms with van der Waals surface area (Å²) in [5, 5.41) is 0. The van der Waals surface area contributed by atoms with E-state index in [1.165, 1.54) is 0 Å². The van der Waals surface area contributed by atoms with E-state index in [4.69, 9.17) is 0 Å². The van der Waals surface area contributed by atoms with Crippen LogP contribution in [0, 0.1) is 0 Å². The van der Waals surface area contributed by atoms with Crippen molar-refractivity contribution in [2.75, 3.05) is 0 Å². The predicted octanol–water partition coefficient (Wildman–Crippen LogP) is -7.83. The van der Waals surface area contributed by atoms with Gasteiger partial charge in [-0.25, -0.2) is 0 Å². The van der Waals surface area contributed by atoms with Gasteiger partial charge in [0.2, 0.25) is 0 Å². The van der Waals surface area contributed by atoms with Crippen LogP contribution in [0.1, 0.15) is 0 Å². The van der Waals surface area contributed by atoms with E-state index in [2.05, 4.69) is 0 Å². The molecule has 11 heteroatoms. The topological polar surface area (TPSA) is 315 Å². The summed E-state index contributed by atoms with van der Waals surface area (Å²) in [5.41, 5.74) is 0. The Morgan fingerprint density at radius 2 is 0.182 bits per heavy atom. The maximum Gasteiger partial charge on any atom is -0.147 e. The quantitative estimate of drug-likeness (QED) is 0.364. The molecule has 0 aliphatic rings. The SMILES string of the molecule is Cl.O.O.O.O.O.O.O.O.O.O. The van der Waals surface area contributed by atoms with Gasteiger partial charge in [-0.15, -0.1) is 12.4 Å². The zero-order chi connectivity index (χ0) is 0. The highest BCUT2D eigenvalue weighted by atomic mass is 35.5. The molecule has 0 spiro atoms. The molecule has 88 valence electrons. The molecule has 0 aliphatic carbocycles. The van der Waals surface area contributed by atoms with Crippen molar-refractivity contribution >= 4 is 12.4 Å². The number of halogens is 1. The molecule has 0 atom stereocenters. The second kappa shape index (κ2) is 64600. The third kappa shape index (κ3) is 50900. The molecule has 10 nitrogen and oxygen atoms in total. The molecule has 0 amide bonds.